The lowest BCUT2D eigenvalue weighted by atomic mass is 10.1. The predicted octanol–water partition coefficient (Wildman–Crippen LogP) is 3.35. The van der Waals surface area contributed by atoms with Crippen molar-refractivity contribution < 1.29 is 4.79 Å². The molecular weight excluding hydrogens is 210 g/mol. The van der Waals surface area contributed by atoms with Crippen LogP contribution in [0.2, 0.25) is 0 Å². The molecule has 92 valence electrons. The van der Waals surface area contributed by atoms with Gasteiger partial charge in [0.1, 0.15) is 0 Å². The van der Waals surface area contributed by atoms with Gasteiger partial charge in [0.05, 0.1) is 0 Å². The molecule has 0 radical (unpaired) electrons. The van der Waals surface area contributed by atoms with E-state index in [1.165, 1.54) is 11.1 Å². The normalized spacial score (nSPS) is 11.7. The van der Waals surface area contributed by atoms with Gasteiger partial charge in [-0.05, 0) is 31.9 Å². The molecule has 0 aliphatic rings. The van der Waals surface area contributed by atoms with Gasteiger partial charge in [-0.15, -0.1) is 0 Å². The summed E-state index contributed by atoms with van der Waals surface area (Å²) in [6.45, 7) is 8.44. The first-order chi connectivity index (χ1) is 8.02. The van der Waals surface area contributed by atoms with Crippen LogP contribution in [0.1, 0.15) is 33.3 Å². The summed E-state index contributed by atoms with van der Waals surface area (Å²) in [5, 5.41) is 0. The van der Waals surface area contributed by atoms with Gasteiger partial charge >= 0.3 is 0 Å². The number of hydrogen-bond donors (Lipinski definition) is 0. The second-order valence-electron chi connectivity index (χ2n) is 4.52. The van der Waals surface area contributed by atoms with Crippen LogP contribution in [0.4, 0.5) is 0 Å². The highest BCUT2D eigenvalue weighted by Gasteiger charge is 2.10. The summed E-state index contributed by atoms with van der Waals surface area (Å²) in [7, 11) is 0. The molecule has 1 rings (SSSR count). The van der Waals surface area contributed by atoms with Crippen LogP contribution < -0.4 is 0 Å². The molecule has 0 aliphatic heterocycles. The van der Waals surface area contributed by atoms with Gasteiger partial charge in [-0.2, -0.15) is 0 Å². The Morgan fingerprint density at radius 2 is 1.82 bits per heavy atom. The molecule has 0 saturated carbocycles. The van der Waals surface area contributed by atoms with Gasteiger partial charge < -0.3 is 4.90 Å². The van der Waals surface area contributed by atoms with Crippen molar-refractivity contribution in [3.05, 3.63) is 42.0 Å². The van der Waals surface area contributed by atoms with Gasteiger partial charge in [0, 0.05) is 19.5 Å². The molecule has 0 unspecified atom stereocenters. The molecule has 0 spiro atoms. The van der Waals surface area contributed by atoms with Gasteiger partial charge in [-0.1, -0.05) is 36.4 Å². The molecule has 0 heterocycles. The van der Waals surface area contributed by atoms with E-state index in [0.717, 1.165) is 0 Å². The molecule has 17 heavy (non-hydrogen) atoms. The van der Waals surface area contributed by atoms with E-state index in [1.807, 2.05) is 36.9 Å². The Morgan fingerprint density at radius 1 is 1.24 bits per heavy atom. The molecule has 0 aliphatic carbocycles. The van der Waals surface area contributed by atoms with Gasteiger partial charge in [0.25, 0.3) is 0 Å². The molecular formula is C15H21NO. The van der Waals surface area contributed by atoms with E-state index < -0.39 is 0 Å². The average molecular weight is 231 g/mol. The summed E-state index contributed by atoms with van der Waals surface area (Å²) in [6, 6.07) is 10.5. The SMILES string of the molecule is CC(=O)N(C/C=C(/C)c1ccccc1)C(C)C. The molecule has 2 heteroatoms. The molecule has 0 saturated heterocycles. The van der Waals surface area contributed by atoms with Crippen molar-refractivity contribution in [1.82, 2.24) is 4.90 Å². The third-order valence-electron chi connectivity index (χ3n) is 2.85. The molecule has 1 aromatic carbocycles. The fourth-order valence-corrected chi connectivity index (χ4v) is 1.76. The number of rotatable bonds is 4. The van der Waals surface area contributed by atoms with E-state index in [1.54, 1.807) is 6.92 Å². The maximum atomic E-state index is 11.4. The number of allylic oxidation sites excluding steroid dienone is 1. The first-order valence-corrected chi connectivity index (χ1v) is 6.01. The number of carbonyl (C=O) groups is 1. The summed E-state index contributed by atoms with van der Waals surface area (Å²) >= 11 is 0. The summed E-state index contributed by atoms with van der Waals surface area (Å²) in [6.07, 6.45) is 2.11. The number of carbonyl (C=O) groups excluding carboxylic acids is 1. The molecule has 2 nitrogen and oxygen atoms in total. The summed E-state index contributed by atoms with van der Waals surface area (Å²) in [4.78, 5) is 13.3. The van der Waals surface area contributed by atoms with Crippen LogP contribution in [-0.2, 0) is 4.79 Å². The van der Waals surface area contributed by atoms with Crippen molar-refractivity contribution in [2.45, 2.75) is 33.7 Å². The Kier molecular flexibility index (Phi) is 4.95. The first-order valence-electron chi connectivity index (χ1n) is 6.01. The summed E-state index contributed by atoms with van der Waals surface area (Å²) < 4.78 is 0. The van der Waals surface area contributed by atoms with Crippen LogP contribution in [0, 0.1) is 0 Å². The Hall–Kier alpha value is -1.57. The Labute approximate surface area is 104 Å². The van der Waals surface area contributed by atoms with Crippen LogP contribution in [0.3, 0.4) is 0 Å². The van der Waals surface area contributed by atoms with Gasteiger partial charge in [-0.25, -0.2) is 0 Å². The monoisotopic (exact) mass is 231 g/mol. The van der Waals surface area contributed by atoms with E-state index >= 15 is 0 Å². The maximum Gasteiger partial charge on any atom is 0.219 e. The molecule has 0 fully saturated rings. The third-order valence-corrected chi connectivity index (χ3v) is 2.85. The minimum Gasteiger partial charge on any atom is -0.337 e. The predicted molar refractivity (Wildman–Crippen MR) is 72.6 cm³/mol. The van der Waals surface area contributed by atoms with E-state index in [0.29, 0.717) is 6.54 Å². The third kappa shape index (κ3) is 4.06. The Balaban J connectivity index is 2.73. The van der Waals surface area contributed by atoms with Crippen molar-refractivity contribution in [2.75, 3.05) is 6.54 Å². The fourth-order valence-electron chi connectivity index (χ4n) is 1.76. The number of nitrogens with zero attached hydrogens (tertiary/aromatic N) is 1. The Bertz CT molecular complexity index is 393. The minimum atomic E-state index is 0.122. The topological polar surface area (TPSA) is 20.3 Å². The van der Waals surface area contributed by atoms with Gasteiger partial charge in [0.2, 0.25) is 5.91 Å². The number of benzene rings is 1. The summed E-state index contributed by atoms with van der Waals surface area (Å²) in [5.41, 5.74) is 2.41. The van der Waals surface area contributed by atoms with E-state index in [2.05, 4.69) is 25.1 Å². The van der Waals surface area contributed by atoms with Crippen molar-refractivity contribution in [1.29, 1.82) is 0 Å². The quantitative estimate of drug-likeness (QED) is 0.778. The fraction of sp³-hybridized carbons (Fsp3) is 0.400. The van der Waals surface area contributed by atoms with Crippen LogP contribution in [0.15, 0.2) is 36.4 Å². The molecule has 0 atom stereocenters. The van der Waals surface area contributed by atoms with Crippen LogP contribution in [-0.4, -0.2) is 23.4 Å². The summed E-state index contributed by atoms with van der Waals surface area (Å²) in [5.74, 6) is 0.122. The first kappa shape index (κ1) is 13.5. The smallest absolute Gasteiger partial charge is 0.219 e. The minimum absolute atomic E-state index is 0.122. The number of hydrogen-bond acceptors (Lipinski definition) is 1. The zero-order chi connectivity index (χ0) is 12.8. The van der Waals surface area contributed by atoms with Crippen molar-refractivity contribution in [3.8, 4) is 0 Å². The average Bonchev–Trinajstić information content (AvgIpc) is 2.29. The highest BCUT2D eigenvalue weighted by atomic mass is 16.2. The molecule has 0 bridgehead atoms. The zero-order valence-electron chi connectivity index (χ0n) is 11.1. The second kappa shape index (κ2) is 6.24. The molecule has 1 aromatic rings. The highest BCUT2D eigenvalue weighted by molar-refractivity contribution is 5.74. The highest BCUT2D eigenvalue weighted by Crippen LogP contribution is 2.13. The van der Waals surface area contributed by atoms with Crippen LogP contribution in [0.25, 0.3) is 5.57 Å². The standard InChI is InChI=1S/C15H21NO/c1-12(2)16(14(4)17)11-10-13(3)15-8-6-5-7-9-15/h5-10,12H,11H2,1-4H3/b13-10-. The molecule has 1 amide bonds. The molecule has 0 N–H and O–H groups in total. The maximum absolute atomic E-state index is 11.4. The molecule has 0 aromatic heterocycles. The second-order valence-corrected chi connectivity index (χ2v) is 4.52. The van der Waals surface area contributed by atoms with Crippen molar-refractivity contribution in [3.63, 3.8) is 0 Å². The van der Waals surface area contributed by atoms with Crippen molar-refractivity contribution >= 4 is 11.5 Å². The van der Waals surface area contributed by atoms with Crippen LogP contribution >= 0.6 is 0 Å². The Morgan fingerprint density at radius 3 is 2.29 bits per heavy atom. The number of amides is 1. The van der Waals surface area contributed by atoms with E-state index in [-0.39, 0.29) is 11.9 Å². The lowest BCUT2D eigenvalue weighted by Crippen LogP contribution is -2.35. The lowest BCUT2D eigenvalue weighted by Gasteiger charge is -2.24. The lowest BCUT2D eigenvalue weighted by molar-refractivity contribution is -0.129. The van der Waals surface area contributed by atoms with E-state index in [9.17, 15) is 4.79 Å². The van der Waals surface area contributed by atoms with E-state index in [4.69, 9.17) is 0 Å². The van der Waals surface area contributed by atoms with Crippen LogP contribution in [0.5, 0.6) is 0 Å². The van der Waals surface area contributed by atoms with Crippen molar-refractivity contribution in [2.24, 2.45) is 0 Å². The van der Waals surface area contributed by atoms with Gasteiger partial charge in [-0.3, -0.25) is 4.79 Å². The van der Waals surface area contributed by atoms with Gasteiger partial charge in [0.15, 0.2) is 0 Å². The zero-order valence-corrected chi connectivity index (χ0v) is 11.1. The largest absolute Gasteiger partial charge is 0.337 e.